The predicted octanol–water partition coefficient (Wildman–Crippen LogP) is 2.21. The molecule has 1 fully saturated rings. The topological polar surface area (TPSA) is 75.4 Å². The summed E-state index contributed by atoms with van der Waals surface area (Å²) in [7, 11) is 2.01. The number of carbonyl (C=O) groups excluding carboxylic acids is 1. The summed E-state index contributed by atoms with van der Waals surface area (Å²) in [5.74, 6) is 0.894. The first-order chi connectivity index (χ1) is 12.8. The van der Waals surface area contributed by atoms with Gasteiger partial charge in [-0.1, -0.05) is 12.1 Å². The first-order valence-electron chi connectivity index (χ1n) is 9.10. The lowest BCUT2D eigenvalue weighted by Gasteiger charge is -2.30. The summed E-state index contributed by atoms with van der Waals surface area (Å²) in [6, 6.07) is 8.07. The average molecular weight is 371 g/mol. The highest BCUT2D eigenvalue weighted by atomic mass is 19.1. The number of nitrogen functional groups attached to an aromatic ring is 1. The minimum Gasteiger partial charge on any atom is -0.384 e. The van der Waals surface area contributed by atoms with Gasteiger partial charge in [0.25, 0.3) is 0 Å². The van der Waals surface area contributed by atoms with Crippen molar-refractivity contribution < 1.29 is 9.18 Å². The fraction of sp³-hybridized carbons (Fsp3) is 0.450. The number of nitrogens with zero attached hydrogens (tertiary/aromatic N) is 4. The molecule has 2 heterocycles. The number of likely N-dealkylation sites (N-methyl/N-ethyl adjacent to an activating group) is 1. The molecule has 0 saturated carbocycles. The van der Waals surface area contributed by atoms with Crippen LogP contribution in [0.25, 0.3) is 0 Å². The third-order valence-corrected chi connectivity index (χ3v) is 5.29. The summed E-state index contributed by atoms with van der Waals surface area (Å²) in [5.41, 5.74) is 5.84. The van der Waals surface area contributed by atoms with Crippen molar-refractivity contribution in [1.82, 2.24) is 19.8 Å². The van der Waals surface area contributed by atoms with Gasteiger partial charge in [0, 0.05) is 25.3 Å². The Bertz CT molecular complexity index is 808. The monoisotopic (exact) mass is 371 g/mol. The Morgan fingerprint density at radius 1 is 1.33 bits per heavy atom. The molecule has 6 nitrogen and oxygen atoms in total. The van der Waals surface area contributed by atoms with Crippen molar-refractivity contribution in [2.24, 2.45) is 0 Å². The van der Waals surface area contributed by atoms with Crippen molar-refractivity contribution in [3.05, 3.63) is 53.7 Å². The van der Waals surface area contributed by atoms with E-state index in [0.717, 1.165) is 12.0 Å². The standard InChI is InChI=1S/C20H26FN5O/c1-20(2,14-4-6-15(21)7-5-14)19(27)26-11-9-16(12-26)25(3)13-18-23-10-8-17(22)24-18/h4-8,10,16H,9,11-13H2,1-3H3,(H2,22,23,24)/t16-/m0/s1. The van der Waals surface area contributed by atoms with Crippen LogP contribution in [-0.2, 0) is 16.8 Å². The Labute approximate surface area is 159 Å². The minimum atomic E-state index is -0.696. The van der Waals surface area contributed by atoms with Crippen LogP contribution in [0.15, 0.2) is 36.5 Å². The van der Waals surface area contributed by atoms with Crippen molar-refractivity contribution >= 4 is 11.7 Å². The smallest absolute Gasteiger partial charge is 0.232 e. The summed E-state index contributed by atoms with van der Waals surface area (Å²) >= 11 is 0. The zero-order chi connectivity index (χ0) is 19.6. The van der Waals surface area contributed by atoms with Gasteiger partial charge in [0.2, 0.25) is 5.91 Å². The molecule has 27 heavy (non-hydrogen) atoms. The molecule has 0 bridgehead atoms. The number of hydrogen-bond acceptors (Lipinski definition) is 5. The second-order valence-corrected chi connectivity index (χ2v) is 7.64. The van der Waals surface area contributed by atoms with E-state index >= 15 is 0 Å². The molecule has 1 aliphatic rings. The maximum atomic E-state index is 13.2. The van der Waals surface area contributed by atoms with Crippen LogP contribution in [0.1, 0.15) is 31.7 Å². The average Bonchev–Trinajstić information content (AvgIpc) is 3.11. The third kappa shape index (κ3) is 4.24. The molecule has 1 aromatic carbocycles. The number of nitrogens with two attached hydrogens (primary N) is 1. The Morgan fingerprint density at radius 3 is 2.70 bits per heavy atom. The third-order valence-electron chi connectivity index (χ3n) is 5.29. The van der Waals surface area contributed by atoms with E-state index in [1.54, 1.807) is 24.4 Å². The van der Waals surface area contributed by atoms with Crippen LogP contribution in [-0.4, -0.2) is 51.9 Å². The van der Waals surface area contributed by atoms with Crippen LogP contribution in [0, 0.1) is 5.82 Å². The lowest BCUT2D eigenvalue weighted by atomic mass is 9.83. The zero-order valence-corrected chi connectivity index (χ0v) is 16.0. The second kappa shape index (κ2) is 7.60. The van der Waals surface area contributed by atoms with Gasteiger partial charge >= 0.3 is 0 Å². The Balaban J connectivity index is 1.64. The molecule has 1 aliphatic heterocycles. The van der Waals surface area contributed by atoms with E-state index in [1.807, 2.05) is 25.8 Å². The molecular formula is C20H26FN5O. The largest absolute Gasteiger partial charge is 0.384 e. The van der Waals surface area contributed by atoms with Crippen LogP contribution in [0.2, 0.25) is 0 Å². The number of carbonyl (C=O) groups is 1. The number of hydrogen-bond donors (Lipinski definition) is 1. The highest BCUT2D eigenvalue weighted by Gasteiger charge is 2.38. The molecule has 1 saturated heterocycles. The van der Waals surface area contributed by atoms with Gasteiger partial charge in [-0.2, -0.15) is 0 Å². The number of halogens is 1. The van der Waals surface area contributed by atoms with Crippen molar-refractivity contribution in [3.8, 4) is 0 Å². The number of rotatable bonds is 5. The van der Waals surface area contributed by atoms with E-state index in [2.05, 4.69) is 14.9 Å². The minimum absolute atomic E-state index is 0.0604. The first kappa shape index (κ1) is 19.2. The number of aromatic nitrogens is 2. The van der Waals surface area contributed by atoms with Gasteiger partial charge in [-0.05, 0) is 51.1 Å². The van der Waals surface area contributed by atoms with Crippen molar-refractivity contribution in [2.75, 3.05) is 25.9 Å². The molecule has 0 spiro atoms. The Kier molecular flexibility index (Phi) is 5.41. The molecule has 1 atom stereocenters. The van der Waals surface area contributed by atoms with Gasteiger partial charge in [0.05, 0.1) is 12.0 Å². The number of likely N-dealkylation sites (tertiary alicyclic amines) is 1. The van der Waals surface area contributed by atoms with Crippen molar-refractivity contribution in [2.45, 2.75) is 38.3 Å². The van der Waals surface area contributed by atoms with Crippen LogP contribution < -0.4 is 5.73 Å². The second-order valence-electron chi connectivity index (χ2n) is 7.64. The lowest BCUT2D eigenvalue weighted by molar-refractivity contribution is -0.135. The van der Waals surface area contributed by atoms with E-state index in [1.165, 1.54) is 12.1 Å². The molecule has 0 radical (unpaired) electrons. The normalized spacial score (nSPS) is 17.5. The maximum Gasteiger partial charge on any atom is 0.232 e. The maximum absolute atomic E-state index is 13.2. The Hall–Kier alpha value is -2.54. The van der Waals surface area contributed by atoms with Crippen LogP contribution >= 0.6 is 0 Å². The molecule has 1 aromatic heterocycles. The van der Waals surface area contributed by atoms with E-state index < -0.39 is 5.41 Å². The van der Waals surface area contributed by atoms with Crippen LogP contribution in [0.4, 0.5) is 10.2 Å². The summed E-state index contributed by atoms with van der Waals surface area (Å²) in [5, 5.41) is 0. The highest BCUT2D eigenvalue weighted by molar-refractivity contribution is 5.87. The fourth-order valence-corrected chi connectivity index (χ4v) is 3.51. The van der Waals surface area contributed by atoms with Crippen LogP contribution in [0.3, 0.4) is 0 Å². The van der Waals surface area contributed by atoms with E-state index in [4.69, 9.17) is 5.73 Å². The molecule has 1 amide bonds. The molecule has 2 aromatic rings. The lowest BCUT2D eigenvalue weighted by Crippen LogP contribution is -2.44. The van der Waals surface area contributed by atoms with Gasteiger partial charge in [0.1, 0.15) is 17.5 Å². The molecular weight excluding hydrogens is 345 g/mol. The summed E-state index contributed by atoms with van der Waals surface area (Å²) < 4.78 is 13.2. The van der Waals surface area contributed by atoms with Gasteiger partial charge in [-0.15, -0.1) is 0 Å². The zero-order valence-electron chi connectivity index (χ0n) is 16.0. The van der Waals surface area contributed by atoms with Crippen molar-refractivity contribution in [3.63, 3.8) is 0 Å². The quantitative estimate of drug-likeness (QED) is 0.872. The molecule has 2 N–H and O–H groups in total. The number of benzene rings is 1. The van der Waals surface area contributed by atoms with Gasteiger partial charge in [-0.25, -0.2) is 14.4 Å². The summed E-state index contributed by atoms with van der Waals surface area (Å²) in [6.07, 6.45) is 2.55. The molecule has 0 unspecified atom stereocenters. The first-order valence-corrected chi connectivity index (χ1v) is 9.10. The number of anilines is 1. The predicted molar refractivity (Wildman–Crippen MR) is 102 cm³/mol. The number of amides is 1. The highest BCUT2D eigenvalue weighted by Crippen LogP contribution is 2.28. The fourth-order valence-electron chi connectivity index (χ4n) is 3.51. The van der Waals surface area contributed by atoms with Gasteiger partial charge < -0.3 is 10.6 Å². The molecule has 7 heteroatoms. The van der Waals surface area contributed by atoms with Gasteiger partial charge in [-0.3, -0.25) is 9.69 Å². The molecule has 0 aliphatic carbocycles. The SMILES string of the molecule is CN(Cc1nccc(N)n1)[C@H]1CCN(C(=O)C(C)(C)c2ccc(F)cc2)C1. The molecule has 3 rings (SSSR count). The van der Waals surface area contributed by atoms with E-state index in [9.17, 15) is 9.18 Å². The van der Waals surface area contributed by atoms with E-state index in [0.29, 0.717) is 31.3 Å². The summed E-state index contributed by atoms with van der Waals surface area (Å²) in [6.45, 7) is 5.72. The van der Waals surface area contributed by atoms with Gasteiger partial charge in [0.15, 0.2) is 0 Å². The van der Waals surface area contributed by atoms with Crippen molar-refractivity contribution in [1.29, 1.82) is 0 Å². The Morgan fingerprint density at radius 2 is 2.04 bits per heavy atom. The van der Waals surface area contributed by atoms with E-state index in [-0.39, 0.29) is 17.8 Å². The molecule has 144 valence electrons. The summed E-state index contributed by atoms with van der Waals surface area (Å²) in [4.78, 5) is 25.6. The van der Waals surface area contributed by atoms with Crippen LogP contribution in [0.5, 0.6) is 0 Å².